The lowest BCUT2D eigenvalue weighted by Gasteiger charge is -2.17. The predicted octanol–water partition coefficient (Wildman–Crippen LogP) is 6.86. The predicted molar refractivity (Wildman–Crippen MR) is 136 cm³/mol. The zero-order valence-electron chi connectivity index (χ0n) is 18.9. The Labute approximate surface area is 197 Å². The van der Waals surface area contributed by atoms with E-state index < -0.39 is 0 Å². The van der Waals surface area contributed by atoms with Gasteiger partial charge in [-0.3, -0.25) is 4.98 Å². The van der Waals surface area contributed by atoms with E-state index in [9.17, 15) is 0 Å². The van der Waals surface area contributed by atoms with Crippen LogP contribution in [0.4, 0.5) is 5.82 Å². The Morgan fingerprint density at radius 3 is 2.61 bits per heavy atom. The van der Waals surface area contributed by atoms with E-state index in [-0.39, 0.29) is 6.04 Å². The number of rotatable bonds is 6. The number of hydrogen-bond acceptors (Lipinski definition) is 6. The third kappa shape index (κ3) is 4.61. The fourth-order valence-electron chi connectivity index (χ4n) is 3.90. The molecule has 5 aromatic rings. The molecule has 0 aliphatic rings. The maximum Gasteiger partial charge on any atom is 0.130 e. The summed E-state index contributed by atoms with van der Waals surface area (Å²) in [6.45, 7) is 6.20. The molecule has 0 spiro atoms. The maximum atomic E-state index is 4.67. The third-order valence-electron chi connectivity index (χ3n) is 5.74. The molecular weight excluding hydrogens is 426 g/mol. The zero-order chi connectivity index (χ0) is 22.8. The molecule has 0 amide bonds. The summed E-state index contributed by atoms with van der Waals surface area (Å²) in [5.74, 6) is 1.55. The van der Waals surface area contributed by atoms with Crippen molar-refractivity contribution >= 4 is 27.4 Å². The van der Waals surface area contributed by atoms with Crippen LogP contribution in [0.2, 0.25) is 0 Å². The number of aromatic nitrogens is 4. The fourth-order valence-corrected chi connectivity index (χ4v) is 4.62. The minimum atomic E-state index is 0.0824. The molecule has 0 saturated carbocycles. The Bertz CT molecular complexity index is 1410. The molecule has 0 fully saturated rings. The number of nitrogens with zero attached hydrogens (tertiary/aromatic N) is 4. The zero-order valence-corrected chi connectivity index (χ0v) is 19.7. The van der Waals surface area contributed by atoms with Crippen molar-refractivity contribution in [3.8, 4) is 22.4 Å². The Kier molecular flexibility index (Phi) is 5.84. The van der Waals surface area contributed by atoms with Gasteiger partial charge in [0.1, 0.15) is 11.6 Å². The lowest BCUT2D eigenvalue weighted by molar-refractivity contribution is 0.868. The molecule has 3 aromatic heterocycles. The van der Waals surface area contributed by atoms with Crippen LogP contribution in [0.3, 0.4) is 0 Å². The summed E-state index contributed by atoms with van der Waals surface area (Å²) in [5, 5.41) is 3.56. The summed E-state index contributed by atoms with van der Waals surface area (Å²) < 4.78 is 1.16. The molecule has 1 unspecified atom stereocenters. The van der Waals surface area contributed by atoms with E-state index in [1.165, 1.54) is 5.56 Å². The number of hydrogen-bond donors (Lipinski definition) is 1. The molecule has 0 aliphatic heterocycles. The van der Waals surface area contributed by atoms with E-state index >= 15 is 0 Å². The topological polar surface area (TPSA) is 63.6 Å². The lowest BCUT2D eigenvalue weighted by atomic mass is 10.0. The highest BCUT2D eigenvalue weighted by atomic mass is 32.1. The molecule has 0 radical (unpaired) electrons. The van der Waals surface area contributed by atoms with Gasteiger partial charge in [0, 0.05) is 35.1 Å². The summed E-state index contributed by atoms with van der Waals surface area (Å²) in [6.07, 6.45) is 2.90. The number of fused-ring (bicyclic) bond motifs is 1. The third-order valence-corrected chi connectivity index (χ3v) is 6.53. The quantitative estimate of drug-likeness (QED) is 0.305. The Morgan fingerprint density at radius 2 is 1.79 bits per heavy atom. The standard InChI is InChI=1S/C27H25N5S/c1-4-23-10-8-22(15-28-23)20-7-5-6-19(12-20)17(2)30-27-14-25(31-18(3)32-27)21-9-11-24-26(13-21)33-16-29-24/h5-17H,4H2,1-3H3,(H,30,31,32). The number of thiazole rings is 1. The second-order valence-electron chi connectivity index (χ2n) is 8.10. The van der Waals surface area contributed by atoms with Crippen LogP contribution < -0.4 is 5.32 Å². The molecule has 33 heavy (non-hydrogen) atoms. The minimum Gasteiger partial charge on any atom is -0.363 e. The van der Waals surface area contributed by atoms with Crippen molar-refractivity contribution in [3.63, 3.8) is 0 Å². The highest BCUT2D eigenvalue weighted by Gasteiger charge is 2.11. The van der Waals surface area contributed by atoms with Gasteiger partial charge >= 0.3 is 0 Å². The van der Waals surface area contributed by atoms with Gasteiger partial charge in [-0.05, 0) is 55.7 Å². The van der Waals surface area contributed by atoms with Gasteiger partial charge in [0.05, 0.1) is 21.4 Å². The number of nitrogens with one attached hydrogen (secondary N) is 1. The van der Waals surface area contributed by atoms with Crippen molar-refractivity contribution in [1.82, 2.24) is 19.9 Å². The second kappa shape index (κ2) is 9.08. The van der Waals surface area contributed by atoms with Gasteiger partial charge in [-0.25, -0.2) is 15.0 Å². The van der Waals surface area contributed by atoms with Crippen LogP contribution in [0.1, 0.15) is 37.0 Å². The second-order valence-corrected chi connectivity index (χ2v) is 8.99. The van der Waals surface area contributed by atoms with Gasteiger partial charge in [0.15, 0.2) is 0 Å². The largest absolute Gasteiger partial charge is 0.363 e. The summed E-state index contributed by atoms with van der Waals surface area (Å²) in [4.78, 5) is 18.2. The molecule has 1 atom stereocenters. The lowest BCUT2D eigenvalue weighted by Crippen LogP contribution is -2.09. The van der Waals surface area contributed by atoms with Gasteiger partial charge in [-0.2, -0.15) is 0 Å². The van der Waals surface area contributed by atoms with Crippen molar-refractivity contribution in [2.45, 2.75) is 33.2 Å². The van der Waals surface area contributed by atoms with E-state index in [0.29, 0.717) is 0 Å². The average Bonchev–Trinajstić information content (AvgIpc) is 3.32. The molecule has 164 valence electrons. The van der Waals surface area contributed by atoms with Crippen LogP contribution in [0, 0.1) is 6.92 Å². The highest BCUT2D eigenvalue weighted by Crippen LogP contribution is 2.28. The van der Waals surface area contributed by atoms with Crippen LogP contribution in [-0.4, -0.2) is 19.9 Å². The van der Waals surface area contributed by atoms with Gasteiger partial charge < -0.3 is 5.32 Å². The van der Waals surface area contributed by atoms with Crippen molar-refractivity contribution in [1.29, 1.82) is 0 Å². The van der Waals surface area contributed by atoms with Crippen molar-refractivity contribution in [2.24, 2.45) is 0 Å². The molecule has 0 aliphatic carbocycles. The van der Waals surface area contributed by atoms with Crippen molar-refractivity contribution in [3.05, 3.63) is 89.5 Å². The van der Waals surface area contributed by atoms with Gasteiger partial charge in [0.2, 0.25) is 0 Å². The SMILES string of the molecule is CCc1ccc(-c2cccc(C(C)Nc3cc(-c4ccc5ncsc5c4)nc(C)n3)c2)cn1. The molecule has 5 nitrogen and oxygen atoms in total. The van der Waals surface area contributed by atoms with Crippen LogP contribution in [0.15, 0.2) is 72.4 Å². The number of aryl methyl sites for hydroxylation is 2. The normalized spacial score (nSPS) is 12.1. The van der Waals surface area contributed by atoms with E-state index in [1.54, 1.807) is 11.3 Å². The number of benzene rings is 2. The van der Waals surface area contributed by atoms with Crippen LogP contribution in [0.25, 0.3) is 32.6 Å². The first-order valence-corrected chi connectivity index (χ1v) is 12.0. The molecule has 3 heterocycles. The van der Waals surface area contributed by atoms with Crippen LogP contribution in [-0.2, 0) is 6.42 Å². The maximum absolute atomic E-state index is 4.67. The Balaban J connectivity index is 1.40. The molecule has 2 aromatic carbocycles. The molecular formula is C27H25N5S. The van der Waals surface area contributed by atoms with Gasteiger partial charge in [-0.1, -0.05) is 37.3 Å². The van der Waals surface area contributed by atoms with E-state index in [2.05, 4.69) is 87.6 Å². The van der Waals surface area contributed by atoms with E-state index in [4.69, 9.17) is 0 Å². The summed E-state index contributed by atoms with van der Waals surface area (Å²) in [6, 6.07) is 21.2. The summed E-state index contributed by atoms with van der Waals surface area (Å²) in [7, 11) is 0. The van der Waals surface area contributed by atoms with Crippen LogP contribution >= 0.6 is 11.3 Å². The van der Waals surface area contributed by atoms with Gasteiger partial charge in [0.25, 0.3) is 0 Å². The first-order chi connectivity index (χ1) is 16.1. The van der Waals surface area contributed by atoms with Crippen molar-refractivity contribution in [2.75, 3.05) is 5.32 Å². The molecule has 0 bridgehead atoms. The average molecular weight is 452 g/mol. The Morgan fingerprint density at radius 1 is 0.909 bits per heavy atom. The number of pyridine rings is 1. The smallest absolute Gasteiger partial charge is 0.130 e. The molecule has 5 rings (SSSR count). The fraction of sp³-hybridized carbons (Fsp3) is 0.185. The van der Waals surface area contributed by atoms with E-state index in [0.717, 1.165) is 56.4 Å². The number of anilines is 1. The highest BCUT2D eigenvalue weighted by molar-refractivity contribution is 7.16. The monoisotopic (exact) mass is 451 g/mol. The first-order valence-electron chi connectivity index (χ1n) is 11.1. The minimum absolute atomic E-state index is 0.0824. The summed E-state index contributed by atoms with van der Waals surface area (Å²) >= 11 is 1.64. The first kappa shape index (κ1) is 21.2. The molecule has 1 N–H and O–H groups in total. The van der Waals surface area contributed by atoms with E-state index in [1.807, 2.05) is 30.8 Å². The van der Waals surface area contributed by atoms with Crippen LogP contribution in [0.5, 0.6) is 0 Å². The molecule has 6 heteroatoms. The Hall–Kier alpha value is -3.64. The molecule has 0 saturated heterocycles. The van der Waals surface area contributed by atoms with Crippen molar-refractivity contribution < 1.29 is 0 Å². The van der Waals surface area contributed by atoms with Gasteiger partial charge in [-0.15, -0.1) is 11.3 Å². The summed E-state index contributed by atoms with van der Waals surface area (Å²) in [5.41, 5.74) is 9.44.